The lowest BCUT2D eigenvalue weighted by Gasteiger charge is -2.29. The minimum absolute atomic E-state index is 0.0584. The van der Waals surface area contributed by atoms with E-state index in [0.717, 1.165) is 12.8 Å². The fourth-order valence-electron chi connectivity index (χ4n) is 4.24. The summed E-state index contributed by atoms with van der Waals surface area (Å²) in [5, 5.41) is 18.5. The highest BCUT2D eigenvalue weighted by Gasteiger charge is 2.34. The fourth-order valence-corrected chi connectivity index (χ4v) is 4.24. The largest absolute Gasteiger partial charge is 0.396 e. The molecule has 0 aromatic heterocycles. The monoisotopic (exact) mass is 425 g/mol. The molecule has 30 heavy (non-hydrogen) atoms. The summed E-state index contributed by atoms with van der Waals surface area (Å²) in [6.45, 7) is 2.15. The minimum Gasteiger partial charge on any atom is -0.396 e. The van der Waals surface area contributed by atoms with E-state index in [-0.39, 0.29) is 19.1 Å². The first-order valence-corrected chi connectivity index (χ1v) is 12.8. The van der Waals surface area contributed by atoms with E-state index in [1.807, 2.05) is 0 Å². The molecule has 0 heterocycles. The topological polar surface area (TPSA) is 83.6 Å². The van der Waals surface area contributed by atoms with E-state index >= 15 is 0 Å². The van der Waals surface area contributed by atoms with Crippen molar-refractivity contribution in [3.8, 4) is 0 Å². The minimum atomic E-state index is -0.730. The van der Waals surface area contributed by atoms with Crippen molar-refractivity contribution in [2.45, 2.75) is 129 Å². The van der Waals surface area contributed by atoms with Gasteiger partial charge in [-0.2, -0.15) is 0 Å². The van der Waals surface area contributed by atoms with E-state index in [9.17, 15) is 15.0 Å². The summed E-state index contributed by atoms with van der Waals surface area (Å²) in [5.74, 6) is -0.383. The lowest BCUT2D eigenvalue weighted by molar-refractivity contribution is -0.130. The zero-order valence-corrected chi connectivity index (χ0v) is 19.9. The molecule has 0 saturated heterocycles. The molecule has 0 saturated carbocycles. The van der Waals surface area contributed by atoms with Crippen molar-refractivity contribution in [1.82, 2.24) is 0 Å². The summed E-state index contributed by atoms with van der Waals surface area (Å²) < 4.78 is 0. The Hall–Kier alpha value is -0.870. The number of nitrogens with two attached hydrogens (primary N) is 1. The SMILES string of the molecule is CCCCCCCCC=CCCCCCCCCCCC(CCO)(CCO)C(N)=O. The molecule has 0 spiro atoms. The standard InChI is InChI=1S/C26H51NO3/c1-2-3-4-5-6-7-8-9-10-11-12-13-14-15-16-17-18-19-20-26(21-23-28,22-24-29)25(27)30/h9-10,28-29H,2-8,11-24H2,1H3,(H2,27,30). The van der Waals surface area contributed by atoms with Crippen LogP contribution in [0.4, 0.5) is 0 Å². The first-order valence-electron chi connectivity index (χ1n) is 12.8. The number of hydrogen-bond acceptors (Lipinski definition) is 3. The Balaban J connectivity index is 3.53. The summed E-state index contributed by atoms with van der Waals surface area (Å²) in [6.07, 6.45) is 26.5. The van der Waals surface area contributed by atoms with Crippen molar-refractivity contribution in [3.63, 3.8) is 0 Å². The molecule has 0 aliphatic carbocycles. The molecule has 4 nitrogen and oxygen atoms in total. The molecule has 0 unspecified atom stereocenters. The second-order valence-electron chi connectivity index (χ2n) is 8.99. The third-order valence-corrected chi connectivity index (χ3v) is 6.37. The van der Waals surface area contributed by atoms with Crippen LogP contribution in [0.3, 0.4) is 0 Å². The Kier molecular flexibility index (Phi) is 20.7. The van der Waals surface area contributed by atoms with Gasteiger partial charge in [-0.15, -0.1) is 0 Å². The van der Waals surface area contributed by atoms with Gasteiger partial charge in [0.2, 0.25) is 5.91 Å². The van der Waals surface area contributed by atoms with Gasteiger partial charge in [0.15, 0.2) is 0 Å². The van der Waals surface area contributed by atoms with E-state index in [0.29, 0.717) is 19.3 Å². The Labute approximate surface area is 186 Å². The molecule has 0 fully saturated rings. The number of rotatable bonds is 23. The summed E-state index contributed by atoms with van der Waals surface area (Å²) >= 11 is 0. The van der Waals surface area contributed by atoms with Crippen molar-refractivity contribution in [2.75, 3.05) is 13.2 Å². The molecule has 1 amide bonds. The predicted octanol–water partition coefficient (Wildman–Crippen LogP) is 6.43. The van der Waals surface area contributed by atoms with E-state index in [1.54, 1.807) is 0 Å². The number of aliphatic hydroxyl groups is 2. The van der Waals surface area contributed by atoms with Crippen LogP contribution in [0.25, 0.3) is 0 Å². The Bertz CT molecular complexity index is 403. The number of carbonyl (C=O) groups excluding carboxylic acids is 1. The predicted molar refractivity (Wildman–Crippen MR) is 128 cm³/mol. The molecule has 0 aliphatic rings. The normalized spacial score (nSPS) is 12.1. The van der Waals surface area contributed by atoms with Gasteiger partial charge in [-0.3, -0.25) is 4.79 Å². The van der Waals surface area contributed by atoms with Crippen LogP contribution in [0.1, 0.15) is 129 Å². The van der Waals surface area contributed by atoms with E-state index in [2.05, 4.69) is 19.1 Å². The molecule has 4 heteroatoms. The molecule has 0 radical (unpaired) electrons. The van der Waals surface area contributed by atoms with Gasteiger partial charge in [0.25, 0.3) is 0 Å². The van der Waals surface area contributed by atoms with Crippen molar-refractivity contribution in [3.05, 3.63) is 12.2 Å². The van der Waals surface area contributed by atoms with Gasteiger partial charge in [0, 0.05) is 13.2 Å². The number of unbranched alkanes of at least 4 members (excludes halogenated alkanes) is 14. The molecule has 0 rings (SSSR count). The van der Waals surface area contributed by atoms with E-state index in [1.165, 1.54) is 89.9 Å². The van der Waals surface area contributed by atoms with Crippen LogP contribution < -0.4 is 5.73 Å². The highest BCUT2D eigenvalue weighted by molar-refractivity contribution is 5.80. The number of allylic oxidation sites excluding steroid dienone is 2. The number of primary amides is 1. The van der Waals surface area contributed by atoms with Crippen LogP contribution >= 0.6 is 0 Å². The second kappa shape index (κ2) is 21.4. The van der Waals surface area contributed by atoms with Gasteiger partial charge < -0.3 is 15.9 Å². The van der Waals surface area contributed by atoms with Crippen LogP contribution in [-0.2, 0) is 4.79 Å². The van der Waals surface area contributed by atoms with Gasteiger partial charge >= 0.3 is 0 Å². The lowest BCUT2D eigenvalue weighted by Crippen LogP contribution is -2.39. The molecule has 0 bridgehead atoms. The molecule has 178 valence electrons. The molecule has 0 aromatic carbocycles. The number of carbonyl (C=O) groups is 1. The van der Waals surface area contributed by atoms with Gasteiger partial charge in [0.05, 0.1) is 5.41 Å². The van der Waals surface area contributed by atoms with Crippen LogP contribution in [0, 0.1) is 5.41 Å². The van der Waals surface area contributed by atoms with Crippen LogP contribution in [-0.4, -0.2) is 29.3 Å². The molecule has 4 N–H and O–H groups in total. The highest BCUT2D eigenvalue weighted by atomic mass is 16.3. The lowest BCUT2D eigenvalue weighted by atomic mass is 9.76. The maximum atomic E-state index is 11.8. The summed E-state index contributed by atoms with van der Waals surface area (Å²) in [4.78, 5) is 11.8. The average molecular weight is 426 g/mol. The van der Waals surface area contributed by atoms with Crippen molar-refractivity contribution in [1.29, 1.82) is 0 Å². The van der Waals surface area contributed by atoms with Crippen LogP contribution in [0.15, 0.2) is 12.2 Å². The zero-order chi connectivity index (χ0) is 22.3. The fraction of sp³-hybridized carbons (Fsp3) is 0.885. The second-order valence-corrected chi connectivity index (χ2v) is 8.99. The molecule has 0 aliphatic heterocycles. The summed E-state index contributed by atoms with van der Waals surface area (Å²) in [5.41, 5.74) is 4.82. The summed E-state index contributed by atoms with van der Waals surface area (Å²) in [6, 6.07) is 0. The van der Waals surface area contributed by atoms with Crippen molar-refractivity contribution < 1.29 is 15.0 Å². The van der Waals surface area contributed by atoms with Crippen molar-refractivity contribution >= 4 is 5.91 Å². The molecule has 0 aromatic rings. The summed E-state index contributed by atoms with van der Waals surface area (Å²) in [7, 11) is 0. The molecular weight excluding hydrogens is 374 g/mol. The number of hydrogen-bond donors (Lipinski definition) is 3. The molecular formula is C26H51NO3. The van der Waals surface area contributed by atoms with Gasteiger partial charge in [-0.25, -0.2) is 0 Å². The third-order valence-electron chi connectivity index (χ3n) is 6.37. The van der Waals surface area contributed by atoms with Crippen molar-refractivity contribution in [2.24, 2.45) is 11.1 Å². The smallest absolute Gasteiger partial charge is 0.223 e. The van der Waals surface area contributed by atoms with E-state index < -0.39 is 5.41 Å². The number of amides is 1. The van der Waals surface area contributed by atoms with Crippen LogP contribution in [0.2, 0.25) is 0 Å². The quantitative estimate of drug-likeness (QED) is 0.130. The maximum absolute atomic E-state index is 11.8. The first-order chi connectivity index (χ1) is 14.6. The Morgan fingerprint density at radius 1 is 0.667 bits per heavy atom. The van der Waals surface area contributed by atoms with Crippen LogP contribution in [0.5, 0.6) is 0 Å². The highest BCUT2D eigenvalue weighted by Crippen LogP contribution is 2.32. The van der Waals surface area contributed by atoms with E-state index in [4.69, 9.17) is 5.73 Å². The Morgan fingerprint density at radius 2 is 1.07 bits per heavy atom. The number of aliphatic hydroxyl groups excluding tert-OH is 2. The zero-order valence-electron chi connectivity index (χ0n) is 19.9. The van der Waals surface area contributed by atoms with Gasteiger partial charge in [-0.1, -0.05) is 96.1 Å². The average Bonchev–Trinajstić information content (AvgIpc) is 2.73. The van der Waals surface area contributed by atoms with Gasteiger partial charge in [-0.05, 0) is 44.9 Å². The molecule has 0 atom stereocenters. The maximum Gasteiger partial charge on any atom is 0.223 e. The first kappa shape index (κ1) is 29.1. The van der Waals surface area contributed by atoms with Gasteiger partial charge in [0.1, 0.15) is 0 Å². The Morgan fingerprint density at radius 3 is 1.47 bits per heavy atom. The third kappa shape index (κ3) is 15.9.